The van der Waals surface area contributed by atoms with Crippen molar-refractivity contribution in [3.8, 4) is 11.1 Å². The largest absolute Gasteiger partial charge is 0.395 e. The van der Waals surface area contributed by atoms with Crippen LogP contribution in [-0.2, 0) is 4.74 Å². The standard InChI is InChI=1S/C24H28F2N6O/c25-11-19-13-32(7-8-33-19)18-4-2-17(3-5-18)31-24-20-9-15(1-6-22(20)29-14-30-24)16-10-21(27)23(26)28-12-16/h1,6,9-10,12,14,17-19H,2-5,7-8,11,13,27H2,(H,29,30,31)/t17-,18-,19-/m0/s1. The molecule has 2 aromatic heterocycles. The molecule has 5 rings (SSSR count). The lowest BCUT2D eigenvalue weighted by Gasteiger charge is -2.41. The molecule has 0 amide bonds. The van der Waals surface area contributed by atoms with Crippen LogP contribution in [0.5, 0.6) is 0 Å². The number of halogens is 2. The summed E-state index contributed by atoms with van der Waals surface area (Å²) < 4.78 is 32.0. The predicted molar refractivity (Wildman–Crippen MR) is 124 cm³/mol. The van der Waals surface area contributed by atoms with Gasteiger partial charge in [0.15, 0.2) is 0 Å². The third kappa shape index (κ3) is 4.74. The average molecular weight is 455 g/mol. The van der Waals surface area contributed by atoms with Crippen molar-refractivity contribution in [2.24, 2.45) is 0 Å². The van der Waals surface area contributed by atoms with E-state index in [4.69, 9.17) is 10.5 Å². The van der Waals surface area contributed by atoms with Gasteiger partial charge in [-0.3, -0.25) is 4.90 Å². The monoisotopic (exact) mass is 454 g/mol. The molecule has 9 heteroatoms. The zero-order valence-corrected chi connectivity index (χ0v) is 18.4. The molecule has 0 unspecified atom stereocenters. The highest BCUT2D eigenvalue weighted by atomic mass is 19.1. The van der Waals surface area contributed by atoms with Crippen molar-refractivity contribution in [2.75, 3.05) is 37.4 Å². The molecule has 3 N–H and O–H groups in total. The number of anilines is 2. The van der Waals surface area contributed by atoms with E-state index in [2.05, 4.69) is 25.2 Å². The van der Waals surface area contributed by atoms with Crippen molar-refractivity contribution in [1.82, 2.24) is 19.9 Å². The first-order valence-electron chi connectivity index (χ1n) is 11.4. The second-order valence-electron chi connectivity index (χ2n) is 8.85. The number of nitrogen functional groups attached to an aromatic ring is 1. The Balaban J connectivity index is 1.29. The van der Waals surface area contributed by atoms with Crippen LogP contribution in [0.3, 0.4) is 0 Å². The minimum Gasteiger partial charge on any atom is -0.395 e. The van der Waals surface area contributed by atoms with Gasteiger partial charge in [0.25, 0.3) is 0 Å². The van der Waals surface area contributed by atoms with Gasteiger partial charge in [-0.2, -0.15) is 4.39 Å². The van der Waals surface area contributed by atoms with Crippen LogP contribution in [0.4, 0.5) is 20.3 Å². The number of ether oxygens (including phenoxy) is 1. The van der Waals surface area contributed by atoms with E-state index in [1.54, 1.807) is 12.4 Å². The maximum absolute atomic E-state index is 13.5. The summed E-state index contributed by atoms with van der Waals surface area (Å²) in [6.45, 7) is 1.75. The van der Waals surface area contributed by atoms with Gasteiger partial charge in [-0.15, -0.1) is 0 Å². The normalized spacial score (nSPS) is 24.1. The summed E-state index contributed by atoms with van der Waals surface area (Å²) in [7, 11) is 0. The highest BCUT2D eigenvalue weighted by Gasteiger charge is 2.30. The molecule has 1 aliphatic heterocycles. The maximum atomic E-state index is 13.5. The molecule has 3 aromatic rings. The van der Waals surface area contributed by atoms with Gasteiger partial charge in [0, 0.05) is 42.3 Å². The van der Waals surface area contributed by atoms with Crippen molar-refractivity contribution in [2.45, 2.75) is 43.9 Å². The van der Waals surface area contributed by atoms with Gasteiger partial charge in [0.2, 0.25) is 5.95 Å². The third-order valence-electron chi connectivity index (χ3n) is 6.73. The first kappa shape index (κ1) is 21.9. The summed E-state index contributed by atoms with van der Waals surface area (Å²) in [4.78, 5) is 15.0. The number of alkyl halides is 1. The molecule has 0 spiro atoms. The highest BCUT2D eigenvalue weighted by Crippen LogP contribution is 2.31. The van der Waals surface area contributed by atoms with Gasteiger partial charge in [-0.25, -0.2) is 19.3 Å². The molecule has 174 valence electrons. The Kier molecular flexibility index (Phi) is 6.32. The fraction of sp³-hybridized carbons (Fsp3) is 0.458. The van der Waals surface area contributed by atoms with Crippen LogP contribution in [0, 0.1) is 5.95 Å². The SMILES string of the molecule is Nc1cc(-c2ccc3ncnc(N[C@H]4CC[C@H](N5CCO[C@@H](CF)C5)CC4)c3c2)cnc1F. The summed E-state index contributed by atoms with van der Waals surface area (Å²) in [6.07, 6.45) is 6.92. The van der Waals surface area contributed by atoms with Gasteiger partial charge in [0.05, 0.1) is 23.9 Å². The fourth-order valence-corrected chi connectivity index (χ4v) is 4.92. The average Bonchev–Trinajstić information content (AvgIpc) is 2.86. The van der Waals surface area contributed by atoms with E-state index in [9.17, 15) is 8.78 Å². The van der Waals surface area contributed by atoms with Crippen LogP contribution in [0.15, 0.2) is 36.8 Å². The van der Waals surface area contributed by atoms with E-state index < -0.39 is 12.6 Å². The van der Waals surface area contributed by atoms with Crippen LogP contribution in [-0.4, -0.2) is 64.4 Å². The van der Waals surface area contributed by atoms with Crippen molar-refractivity contribution in [3.05, 3.63) is 42.7 Å². The summed E-state index contributed by atoms with van der Waals surface area (Å²) >= 11 is 0. The first-order chi connectivity index (χ1) is 16.1. The third-order valence-corrected chi connectivity index (χ3v) is 6.73. The van der Waals surface area contributed by atoms with Crippen LogP contribution >= 0.6 is 0 Å². The first-order valence-corrected chi connectivity index (χ1v) is 11.4. The number of hydrogen-bond acceptors (Lipinski definition) is 7. The van der Waals surface area contributed by atoms with Crippen molar-refractivity contribution in [3.63, 3.8) is 0 Å². The van der Waals surface area contributed by atoms with E-state index in [-0.39, 0.29) is 11.8 Å². The van der Waals surface area contributed by atoms with Gasteiger partial charge in [-0.1, -0.05) is 6.07 Å². The lowest BCUT2D eigenvalue weighted by Crippen LogP contribution is -2.50. The predicted octanol–water partition coefficient (Wildman–Crippen LogP) is 3.81. The topological polar surface area (TPSA) is 89.2 Å². The quantitative estimate of drug-likeness (QED) is 0.567. The Hall–Kier alpha value is -2.91. The maximum Gasteiger partial charge on any atom is 0.236 e. The van der Waals surface area contributed by atoms with Crippen molar-refractivity contribution < 1.29 is 13.5 Å². The number of nitrogens with zero attached hydrogens (tertiary/aromatic N) is 4. The number of fused-ring (bicyclic) bond motifs is 1. The summed E-state index contributed by atoms with van der Waals surface area (Å²) in [6, 6.07) is 8.21. The van der Waals surface area contributed by atoms with E-state index in [1.807, 2.05) is 18.2 Å². The van der Waals surface area contributed by atoms with E-state index in [1.165, 1.54) is 6.20 Å². The van der Waals surface area contributed by atoms with Crippen LogP contribution in [0.2, 0.25) is 0 Å². The van der Waals surface area contributed by atoms with Crippen LogP contribution in [0.25, 0.3) is 22.0 Å². The van der Waals surface area contributed by atoms with E-state index >= 15 is 0 Å². The lowest BCUT2D eigenvalue weighted by molar-refractivity contribution is -0.0568. The zero-order valence-electron chi connectivity index (χ0n) is 18.4. The molecule has 2 fully saturated rings. The van der Waals surface area contributed by atoms with Crippen LogP contribution in [0.1, 0.15) is 25.7 Å². The minimum atomic E-state index is -0.668. The summed E-state index contributed by atoms with van der Waals surface area (Å²) in [5.41, 5.74) is 8.16. The Morgan fingerprint density at radius 1 is 1.09 bits per heavy atom. The molecule has 3 heterocycles. The molecule has 7 nitrogen and oxygen atoms in total. The molecule has 1 saturated heterocycles. The molecule has 0 bridgehead atoms. The second kappa shape index (κ2) is 9.52. The Labute approximate surface area is 191 Å². The van der Waals surface area contributed by atoms with Crippen molar-refractivity contribution in [1.29, 1.82) is 0 Å². The summed E-state index contributed by atoms with van der Waals surface area (Å²) in [5, 5.41) is 4.51. The molecule has 1 atom stereocenters. The highest BCUT2D eigenvalue weighted by molar-refractivity contribution is 5.92. The molecule has 0 radical (unpaired) electrons. The molecule has 1 aromatic carbocycles. The van der Waals surface area contributed by atoms with Gasteiger partial charge < -0.3 is 15.8 Å². The lowest BCUT2D eigenvalue weighted by atomic mass is 9.89. The molecule has 1 aliphatic carbocycles. The Morgan fingerprint density at radius 3 is 2.73 bits per heavy atom. The van der Waals surface area contributed by atoms with Gasteiger partial charge in [-0.05, 0) is 49.4 Å². The number of rotatable bonds is 5. The molecule has 1 saturated carbocycles. The van der Waals surface area contributed by atoms with E-state index in [0.717, 1.165) is 60.1 Å². The number of nitrogens with one attached hydrogen (secondary N) is 1. The van der Waals surface area contributed by atoms with Gasteiger partial charge >= 0.3 is 0 Å². The number of nitrogens with two attached hydrogens (primary N) is 1. The number of pyridine rings is 1. The Morgan fingerprint density at radius 2 is 1.94 bits per heavy atom. The van der Waals surface area contributed by atoms with Crippen LogP contribution < -0.4 is 11.1 Å². The van der Waals surface area contributed by atoms with E-state index in [0.29, 0.717) is 25.2 Å². The molecular weight excluding hydrogens is 426 g/mol. The number of benzene rings is 1. The van der Waals surface area contributed by atoms with Crippen molar-refractivity contribution >= 4 is 22.4 Å². The Bertz CT molecular complexity index is 1120. The second-order valence-corrected chi connectivity index (χ2v) is 8.85. The number of morpholine rings is 1. The molecule has 33 heavy (non-hydrogen) atoms. The fourth-order valence-electron chi connectivity index (χ4n) is 4.92. The van der Waals surface area contributed by atoms with Gasteiger partial charge in [0.1, 0.15) is 18.8 Å². The summed E-state index contributed by atoms with van der Waals surface area (Å²) in [5.74, 6) is 0.121. The number of aromatic nitrogens is 3. The minimum absolute atomic E-state index is 0.0186. The molecule has 2 aliphatic rings. The zero-order chi connectivity index (χ0) is 22.8. The molecular formula is C24H28F2N6O. The number of hydrogen-bond donors (Lipinski definition) is 2. The smallest absolute Gasteiger partial charge is 0.236 e.